The van der Waals surface area contributed by atoms with Crippen LogP contribution >= 0.6 is 0 Å². The summed E-state index contributed by atoms with van der Waals surface area (Å²) in [4.78, 5) is 10.6. The summed E-state index contributed by atoms with van der Waals surface area (Å²) in [7, 11) is 0. The van der Waals surface area contributed by atoms with Gasteiger partial charge in [-0.15, -0.1) is 0 Å². The lowest BCUT2D eigenvalue weighted by molar-refractivity contribution is -0.108. The molecule has 1 aliphatic heterocycles. The van der Waals surface area contributed by atoms with Gasteiger partial charge in [-0.2, -0.15) is 0 Å². The van der Waals surface area contributed by atoms with Crippen LogP contribution in [-0.4, -0.2) is 12.9 Å². The maximum Gasteiger partial charge on any atom is 0.127 e. The van der Waals surface area contributed by atoms with Gasteiger partial charge in [0.1, 0.15) is 12.0 Å². The van der Waals surface area contributed by atoms with Crippen LogP contribution in [0.4, 0.5) is 0 Å². The Balaban J connectivity index is 2.35. The van der Waals surface area contributed by atoms with Crippen molar-refractivity contribution in [3.05, 3.63) is 29.3 Å². The Morgan fingerprint density at radius 1 is 1.54 bits per heavy atom. The van der Waals surface area contributed by atoms with E-state index in [0.717, 1.165) is 30.6 Å². The van der Waals surface area contributed by atoms with Crippen molar-refractivity contribution in [2.24, 2.45) is 0 Å². The lowest BCUT2D eigenvalue weighted by Gasteiger charge is -2.05. The quantitative estimate of drug-likeness (QED) is 0.643. The van der Waals surface area contributed by atoms with E-state index in [1.165, 1.54) is 5.56 Å². The largest absolute Gasteiger partial charge is 0.493 e. The van der Waals surface area contributed by atoms with Crippen LogP contribution in [0.25, 0.3) is 0 Å². The fourth-order valence-corrected chi connectivity index (χ4v) is 1.54. The molecule has 1 aromatic rings. The number of carbonyl (C=O) groups excluding carboxylic acids is 1. The van der Waals surface area contributed by atoms with Crippen LogP contribution in [0.3, 0.4) is 0 Å². The summed E-state index contributed by atoms with van der Waals surface area (Å²) >= 11 is 0. The van der Waals surface area contributed by atoms with Gasteiger partial charge in [-0.05, 0) is 17.2 Å². The van der Waals surface area contributed by atoms with E-state index in [9.17, 15) is 4.79 Å². The Labute approximate surface area is 77.5 Å². The molecular formula is C11H12O2. The molecule has 1 unspecified atom stereocenters. The monoisotopic (exact) mass is 176 g/mol. The van der Waals surface area contributed by atoms with Crippen molar-refractivity contribution in [2.45, 2.75) is 19.3 Å². The van der Waals surface area contributed by atoms with Crippen molar-refractivity contribution in [1.82, 2.24) is 0 Å². The van der Waals surface area contributed by atoms with E-state index in [1.807, 2.05) is 19.1 Å². The normalized spacial score (nSPS) is 16.1. The second kappa shape index (κ2) is 3.21. The van der Waals surface area contributed by atoms with Gasteiger partial charge in [0.15, 0.2) is 0 Å². The van der Waals surface area contributed by atoms with Crippen molar-refractivity contribution in [3.63, 3.8) is 0 Å². The van der Waals surface area contributed by atoms with Gasteiger partial charge < -0.3 is 9.53 Å². The van der Waals surface area contributed by atoms with E-state index >= 15 is 0 Å². The van der Waals surface area contributed by atoms with E-state index in [1.54, 1.807) is 0 Å². The predicted molar refractivity (Wildman–Crippen MR) is 50.1 cm³/mol. The lowest BCUT2D eigenvalue weighted by Crippen LogP contribution is -1.94. The molecule has 2 nitrogen and oxygen atoms in total. The summed E-state index contributed by atoms with van der Waals surface area (Å²) in [5.41, 5.74) is 2.29. The van der Waals surface area contributed by atoms with Crippen LogP contribution in [0.15, 0.2) is 18.2 Å². The maximum absolute atomic E-state index is 10.6. The second-order valence-corrected chi connectivity index (χ2v) is 3.39. The molecular weight excluding hydrogens is 164 g/mol. The van der Waals surface area contributed by atoms with E-state index in [2.05, 4.69) is 6.07 Å². The second-order valence-electron chi connectivity index (χ2n) is 3.39. The minimum absolute atomic E-state index is 0.0329. The number of ether oxygens (including phenoxy) is 1. The molecule has 2 rings (SSSR count). The topological polar surface area (TPSA) is 26.3 Å². The van der Waals surface area contributed by atoms with E-state index in [0.29, 0.717) is 0 Å². The molecule has 0 N–H and O–H groups in total. The van der Waals surface area contributed by atoms with Gasteiger partial charge >= 0.3 is 0 Å². The molecule has 0 radical (unpaired) electrons. The highest BCUT2D eigenvalue weighted by molar-refractivity contribution is 5.62. The van der Waals surface area contributed by atoms with Crippen molar-refractivity contribution >= 4 is 6.29 Å². The average molecular weight is 176 g/mol. The Morgan fingerprint density at radius 2 is 2.38 bits per heavy atom. The van der Waals surface area contributed by atoms with Gasteiger partial charge in [0.25, 0.3) is 0 Å². The van der Waals surface area contributed by atoms with Gasteiger partial charge in [-0.3, -0.25) is 0 Å². The molecule has 1 atom stereocenters. The fraction of sp³-hybridized carbons (Fsp3) is 0.364. The number of aldehydes is 1. The maximum atomic E-state index is 10.6. The molecule has 0 spiro atoms. The van der Waals surface area contributed by atoms with Crippen molar-refractivity contribution in [2.75, 3.05) is 6.61 Å². The molecule has 1 heterocycles. The Kier molecular flexibility index (Phi) is 2.05. The highest BCUT2D eigenvalue weighted by atomic mass is 16.5. The molecule has 0 saturated heterocycles. The van der Waals surface area contributed by atoms with Crippen LogP contribution in [0.5, 0.6) is 5.75 Å². The molecule has 0 fully saturated rings. The molecule has 0 aromatic heterocycles. The summed E-state index contributed by atoms with van der Waals surface area (Å²) < 4.78 is 5.42. The van der Waals surface area contributed by atoms with Crippen LogP contribution in [0.2, 0.25) is 0 Å². The molecule has 1 aromatic carbocycles. The summed E-state index contributed by atoms with van der Waals surface area (Å²) in [5.74, 6) is 0.917. The Bertz CT molecular complexity index is 331. The van der Waals surface area contributed by atoms with Gasteiger partial charge in [-0.1, -0.05) is 19.1 Å². The third kappa shape index (κ3) is 1.44. The summed E-state index contributed by atoms with van der Waals surface area (Å²) in [6, 6.07) is 6.03. The van der Waals surface area contributed by atoms with Crippen LogP contribution in [0.1, 0.15) is 24.0 Å². The van der Waals surface area contributed by atoms with Crippen molar-refractivity contribution in [1.29, 1.82) is 0 Å². The van der Waals surface area contributed by atoms with E-state index < -0.39 is 0 Å². The first kappa shape index (κ1) is 8.30. The first-order valence-corrected chi connectivity index (χ1v) is 4.52. The van der Waals surface area contributed by atoms with Crippen molar-refractivity contribution in [3.8, 4) is 5.75 Å². The van der Waals surface area contributed by atoms with Crippen molar-refractivity contribution < 1.29 is 9.53 Å². The number of rotatable bonds is 2. The first-order chi connectivity index (χ1) is 6.31. The minimum Gasteiger partial charge on any atom is -0.493 e. The predicted octanol–water partition coefficient (Wildman–Crippen LogP) is 1.92. The first-order valence-electron chi connectivity index (χ1n) is 4.52. The highest BCUT2D eigenvalue weighted by Gasteiger charge is 2.13. The smallest absolute Gasteiger partial charge is 0.127 e. The molecule has 0 bridgehead atoms. The number of hydrogen-bond acceptors (Lipinski definition) is 2. The van der Waals surface area contributed by atoms with Gasteiger partial charge in [-0.25, -0.2) is 0 Å². The molecule has 13 heavy (non-hydrogen) atoms. The summed E-state index contributed by atoms with van der Waals surface area (Å²) in [6.45, 7) is 2.66. The number of fused-ring (bicyclic) bond motifs is 1. The van der Waals surface area contributed by atoms with Crippen LogP contribution in [-0.2, 0) is 11.2 Å². The standard InChI is InChI=1S/C11H12O2/c1-8(7-12)10-3-2-9-4-5-13-11(9)6-10/h2-3,6-8H,4-5H2,1H3. The van der Waals surface area contributed by atoms with E-state index in [4.69, 9.17) is 4.74 Å². The fourth-order valence-electron chi connectivity index (χ4n) is 1.54. The lowest BCUT2D eigenvalue weighted by atomic mass is 10.0. The molecule has 0 aliphatic carbocycles. The number of carbonyl (C=O) groups is 1. The highest BCUT2D eigenvalue weighted by Crippen LogP contribution is 2.28. The summed E-state index contributed by atoms with van der Waals surface area (Å²) in [5, 5.41) is 0. The minimum atomic E-state index is -0.0329. The molecule has 0 amide bonds. The molecule has 68 valence electrons. The molecule has 1 aliphatic rings. The third-order valence-electron chi connectivity index (χ3n) is 2.45. The molecule has 0 saturated carbocycles. The van der Waals surface area contributed by atoms with Crippen LogP contribution in [0, 0.1) is 0 Å². The number of hydrogen-bond donors (Lipinski definition) is 0. The zero-order valence-corrected chi connectivity index (χ0v) is 7.62. The molecule has 2 heteroatoms. The Morgan fingerprint density at radius 3 is 3.15 bits per heavy atom. The van der Waals surface area contributed by atoms with Crippen LogP contribution < -0.4 is 4.74 Å². The van der Waals surface area contributed by atoms with E-state index in [-0.39, 0.29) is 5.92 Å². The zero-order chi connectivity index (χ0) is 9.26. The average Bonchev–Trinajstić information content (AvgIpc) is 2.63. The van der Waals surface area contributed by atoms with Gasteiger partial charge in [0, 0.05) is 12.3 Å². The van der Waals surface area contributed by atoms with Gasteiger partial charge in [0.2, 0.25) is 0 Å². The Hall–Kier alpha value is -1.31. The summed E-state index contributed by atoms with van der Waals surface area (Å²) in [6.07, 6.45) is 1.95. The van der Waals surface area contributed by atoms with Gasteiger partial charge in [0.05, 0.1) is 6.61 Å². The zero-order valence-electron chi connectivity index (χ0n) is 7.62. The SMILES string of the molecule is CC(C=O)c1ccc2c(c1)OCC2. The number of benzene rings is 1. The third-order valence-corrected chi connectivity index (χ3v) is 2.45.